The standard InChI is InChI=1S/C15H13BrN4/c1-10(11-6-8-12(16)9-7-11)19-20-15-17-13-4-2-3-5-14(13)18-15/h2-9H,1H3,(H2,17,18,20)/b19-10-. The number of aromatic amines is 1. The predicted molar refractivity (Wildman–Crippen MR) is 86.1 cm³/mol. The molecule has 0 saturated heterocycles. The van der Waals surface area contributed by atoms with Crippen LogP contribution in [0.1, 0.15) is 12.5 Å². The smallest absolute Gasteiger partial charge is 0.222 e. The first-order valence-corrected chi connectivity index (χ1v) is 7.03. The van der Waals surface area contributed by atoms with E-state index in [1.165, 1.54) is 0 Å². The van der Waals surface area contributed by atoms with Gasteiger partial charge in [0, 0.05) is 4.47 Å². The molecular weight excluding hydrogens is 316 g/mol. The SMILES string of the molecule is C/C(=N/Nc1nc2ccccc2[nH]1)c1ccc(Br)cc1. The summed E-state index contributed by atoms with van der Waals surface area (Å²) in [6.07, 6.45) is 0. The summed E-state index contributed by atoms with van der Waals surface area (Å²) in [6.45, 7) is 1.96. The highest BCUT2D eigenvalue weighted by molar-refractivity contribution is 9.10. The average Bonchev–Trinajstić information content (AvgIpc) is 2.88. The lowest BCUT2D eigenvalue weighted by Gasteiger charge is -2.01. The van der Waals surface area contributed by atoms with E-state index < -0.39 is 0 Å². The summed E-state index contributed by atoms with van der Waals surface area (Å²) < 4.78 is 1.05. The van der Waals surface area contributed by atoms with Gasteiger partial charge in [0.1, 0.15) is 0 Å². The number of rotatable bonds is 3. The topological polar surface area (TPSA) is 53.1 Å². The van der Waals surface area contributed by atoms with Gasteiger partial charge in [-0.15, -0.1) is 0 Å². The van der Waals surface area contributed by atoms with Crippen LogP contribution in [0, 0.1) is 0 Å². The zero-order valence-corrected chi connectivity index (χ0v) is 12.5. The van der Waals surface area contributed by atoms with Gasteiger partial charge in [0.25, 0.3) is 0 Å². The van der Waals surface area contributed by atoms with Crippen LogP contribution in [0.25, 0.3) is 11.0 Å². The second kappa shape index (κ2) is 5.46. The van der Waals surface area contributed by atoms with Crippen LogP contribution in [-0.4, -0.2) is 15.7 Å². The molecule has 1 heterocycles. The fourth-order valence-corrected chi connectivity index (χ4v) is 2.16. The molecule has 3 aromatic rings. The van der Waals surface area contributed by atoms with Crippen LogP contribution < -0.4 is 5.43 Å². The lowest BCUT2D eigenvalue weighted by atomic mass is 10.1. The molecular formula is C15H13BrN4. The molecule has 0 aliphatic carbocycles. The zero-order chi connectivity index (χ0) is 13.9. The Balaban J connectivity index is 1.80. The van der Waals surface area contributed by atoms with Crippen molar-refractivity contribution in [3.05, 3.63) is 58.6 Å². The monoisotopic (exact) mass is 328 g/mol. The van der Waals surface area contributed by atoms with Crippen molar-refractivity contribution in [1.29, 1.82) is 0 Å². The van der Waals surface area contributed by atoms with E-state index in [2.05, 4.69) is 36.4 Å². The fourth-order valence-electron chi connectivity index (χ4n) is 1.90. The molecule has 3 rings (SSSR count). The van der Waals surface area contributed by atoms with E-state index in [9.17, 15) is 0 Å². The number of H-pyrrole nitrogens is 1. The van der Waals surface area contributed by atoms with Crippen LogP contribution in [0.5, 0.6) is 0 Å². The number of anilines is 1. The second-order valence-electron chi connectivity index (χ2n) is 4.42. The Labute approximate surface area is 125 Å². The van der Waals surface area contributed by atoms with Crippen LogP contribution in [-0.2, 0) is 0 Å². The highest BCUT2D eigenvalue weighted by atomic mass is 79.9. The molecule has 0 atom stereocenters. The molecule has 0 fully saturated rings. The molecule has 0 saturated carbocycles. The van der Waals surface area contributed by atoms with E-state index in [0.29, 0.717) is 5.95 Å². The number of fused-ring (bicyclic) bond motifs is 1. The third-order valence-corrected chi connectivity index (χ3v) is 3.51. The number of nitrogens with one attached hydrogen (secondary N) is 2. The van der Waals surface area contributed by atoms with Gasteiger partial charge in [-0.05, 0) is 36.8 Å². The molecule has 4 nitrogen and oxygen atoms in total. The quantitative estimate of drug-likeness (QED) is 0.560. The summed E-state index contributed by atoms with van der Waals surface area (Å²) in [5.74, 6) is 0.641. The van der Waals surface area contributed by atoms with Crippen molar-refractivity contribution >= 4 is 38.6 Å². The molecule has 0 radical (unpaired) electrons. The zero-order valence-electron chi connectivity index (χ0n) is 10.9. The minimum absolute atomic E-state index is 0.641. The van der Waals surface area contributed by atoms with Crippen LogP contribution >= 0.6 is 15.9 Å². The highest BCUT2D eigenvalue weighted by Gasteiger charge is 2.01. The molecule has 0 bridgehead atoms. The van der Waals surface area contributed by atoms with Gasteiger partial charge in [-0.3, -0.25) is 0 Å². The predicted octanol–water partition coefficient (Wildman–Crippen LogP) is 4.16. The molecule has 20 heavy (non-hydrogen) atoms. The molecule has 2 aromatic carbocycles. The first-order chi connectivity index (χ1) is 9.72. The van der Waals surface area contributed by atoms with E-state index in [1.807, 2.05) is 55.5 Å². The summed E-state index contributed by atoms with van der Waals surface area (Å²) in [5.41, 5.74) is 6.84. The second-order valence-corrected chi connectivity index (χ2v) is 5.33. The van der Waals surface area contributed by atoms with E-state index in [4.69, 9.17) is 0 Å². The minimum atomic E-state index is 0.641. The van der Waals surface area contributed by atoms with E-state index in [0.717, 1.165) is 26.8 Å². The summed E-state index contributed by atoms with van der Waals surface area (Å²) in [6, 6.07) is 15.9. The molecule has 0 unspecified atom stereocenters. The number of nitrogens with zero attached hydrogens (tertiary/aromatic N) is 2. The Bertz CT molecular complexity index is 726. The van der Waals surface area contributed by atoms with Gasteiger partial charge in [-0.1, -0.05) is 40.2 Å². The number of halogens is 1. The van der Waals surface area contributed by atoms with E-state index in [-0.39, 0.29) is 0 Å². The summed E-state index contributed by atoms with van der Waals surface area (Å²) in [4.78, 5) is 7.59. The van der Waals surface area contributed by atoms with Crippen molar-refractivity contribution in [1.82, 2.24) is 9.97 Å². The maximum absolute atomic E-state index is 4.41. The lowest BCUT2D eigenvalue weighted by molar-refractivity contribution is 1.20. The molecule has 100 valence electrons. The minimum Gasteiger partial charge on any atom is -0.323 e. The first-order valence-electron chi connectivity index (χ1n) is 6.23. The molecule has 0 aliphatic heterocycles. The van der Waals surface area contributed by atoms with Gasteiger partial charge in [0.2, 0.25) is 5.95 Å². The Kier molecular flexibility index (Phi) is 3.52. The highest BCUT2D eigenvalue weighted by Crippen LogP contribution is 2.14. The maximum atomic E-state index is 4.41. The number of imidazole rings is 1. The van der Waals surface area contributed by atoms with Gasteiger partial charge in [0.15, 0.2) is 0 Å². The van der Waals surface area contributed by atoms with E-state index >= 15 is 0 Å². The summed E-state index contributed by atoms with van der Waals surface area (Å²) >= 11 is 3.42. The number of benzene rings is 2. The summed E-state index contributed by atoms with van der Waals surface area (Å²) in [7, 11) is 0. The molecule has 0 amide bonds. The number of hydrazone groups is 1. The molecule has 5 heteroatoms. The van der Waals surface area contributed by atoms with Crippen LogP contribution in [0.3, 0.4) is 0 Å². The number of hydrogen-bond acceptors (Lipinski definition) is 3. The number of aromatic nitrogens is 2. The Hall–Kier alpha value is -2.14. The van der Waals surface area contributed by atoms with E-state index in [1.54, 1.807) is 0 Å². The lowest BCUT2D eigenvalue weighted by Crippen LogP contribution is -2.00. The molecule has 1 aromatic heterocycles. The summed E-state index contributed by atoms with van der Waals surface area (Å²) in [5, 5.41) is 4.35. The van der Waals surface area contributed by atoms with Crippen molar-refractivity contribution in [2.24, 2.45) is 5.10 Å². The van der Waals surface area contributed by atoms with Crippen LogP contribution in [0.15, 0.2) is 58.1 Å². The fraction of sp³-hybridized carbons (Fsp3) is 0.0667. The third kappa shape index (κ3) is 2.72. The Morgan fingerprint density at radius 2 is 1.90 bits per heavy atom. The van der Waals surface area contributed by atoms with Gasteiger partial charge in [-0.2, -0.15) is 5.10 Å². The van der Waals surface area contributed by atoms with Gasteiger partial charge >= 0.3 is 0 Å². The van der Waals surface area contributed by atoms with Crippen LogP contribution in [0.2, 0.25) is 0 Å². The molecule has 0 spiro atoms. The van der Waals surface area contributed by atoms with Crippen molar-refractivity contribution in [2.45, 2.75) is 6.92 Å². The first kappa shape index (κ1) is 12.9. The molecule has 0 aliphatic rings. The van der Waals surface area contributed by atoms with Gasteiger partial charge in [-0.25, -0.2) is 10.4 Å². The molecule has 2 N–H and O–H groups in total. The maximum Gasteiger partial charge on any atom is 0.222 e. The van der Waals surface area contributed by atoms with Crippen molar-refractivity contribution < 1.29 is 0 Å². The number of hydrogen-bond donors (Lipinski definition) is 2. The van der Waals surface area contributed by atoms with Crippen molar-refractivity contribution in [2.75, 3.05) is 5.43 Å². The Morgan fingerprint density at radius 3 is 2.65 bits per heavy atom. The van der Waals surface area contributed by atoms with Crippen molar-refractivity contribution in [3.63, 3.8) is 0 Å². The average molecular weight is 329 g/mol. The van der Waals surface area contributed by atoms with Crippen LogP contribution in [0.4, 0.5) is 5.95 Å². The van der Waals surface area contributed by atoms with Gasteiger partial charge < -0.3 is 4.98 Å². The van der Waals surface area contributed by atoms with Gasteiger partial charge in [0.05, 0.1) is 16.7 Å². The third-order valence-electron chi connectivity index (χ3n) is 2.98. The number of para-hydroxylation sites is 2. The Morgan fingerprint density at radius 1 is 1.15 bits per heavy atom. The largest absolute Gasteiger partial charge is 0.323 e. The normalized spacial score (nSPS) is 11.8. The van der Waals surface area contributed by atoms with Crippen molar-refractivity contribution in [3.8, 4) is 0 Å².